The highest BCUT2D eigenvalue weighted by molar-refractivity contribution is 5.84. The average Bonchev–Trinajstić information content (AvgIpc) is 2.53. The minimum Gasteiger partial charge on any atom is -0.464 e. The average molecular weight is 178 g/mol. The molecule has 2 rings (SSSR count). The monoisotopic (exact) mass is 178 g/mol. The zero-order valence-electron chi connectivity index (χ0n) is 7.06. The summed E-state index contributed by atoms with van der Waals surface area (Å²) in [6.07, 6.45) is 1.39. The van der Waals surface area contributed by atoms with Crippen LogP contribution in [0, 0.1) is 0 Å². The second kappa shape index (κ2) is 2.89. The Morgan fingerprint density at radius 1 is 1.46 bits per heavy atom. The summed E-state index contributed by atoms with van der Waals surface area (Å²) >= 11 is 0. The maximum absolute atomic E-state index is 5.60. The second-order valence-corrected chi connectivity index (χ2v) is 2.37. The van der Waals surface area contributed by atoms with Crippen molar-refractivity contribution in [3.8, 4) is 6.01 Å². The van der Waals surface area contributed by atoms with E-state index in [-0.39, 0.29) is 6.01 Å². The molecule has 13 heavy (non-hydrogen) atoms. The van der Waals surface area contributed by atoms with Crippen LogP contribution in [0.5, 0.6) is 6.01 Å². The summed E-state index contributed by atoms with van der Waals surface area (Å²) in [4.78, 5) is 11.8. The molecule has 2 heterocycles. The van der Waals surface area contributed by atoms with Crippen LogP contribution in [0.2, 0.25) is 0 Å². The smallest absolute Gasteiger partial charge is 0.320 e. The van der Waals surface area contributed by atoms with Crippen LogP contribution in [-0.2, 0) is 0 Å². The van der Waals surface area contributed by atoms with Crippen molar-refractivity contribution in [2.24, 2.45) is 4.99 Å². The summed E-state index contributed by atoms with van der Waals surface area (Å²) in [5, 5.41) is 3.90. The zero-order valence-corrected chi connectivity index (χ0v) is 7.06. The Kier molecular flexibility index (Phi) is 1.73. The lowest BCUT2D eigenvalue weighted by atomic mass is 10.4. The maximum Gasteiger partial charge on any atom is 0.320 e. The first-order valence-corrected chi connectivity index (χ1v) is 3.85. The first-order valence-electron chi connectivity index (χ1n) is 3.85. The molecule has 67 valence electrons. The van der Waals surface area contributed by atoms with Crippen molar-refractivity contribution in [2.45, 2.75) is 6.92 Å². The van der Waals surface area contributed by atoms with Gasteiger partial charge in [-0.25, -0.2) is 10.3 Å². The number of anilines is 1. The van der Waals surface area contributed by atoms with Crippen LogP contribution in [-0.4, -0.2) is 22.9 Å². The van der Waals surface area contributed by atoms with Gasteiger partial charge in [-0.15, -0.1) is 0 Å². The summed E-state index contributed by atoms with van der Waals surface area (Å²) in [7, 11) is 0. The molecule has 6 heteroatoms. The Hall–Kier alpha value is -1.85. The van der Waals surface area contributed by atoms with Crippen molar-refractivity contribution in [1.82, 2.24) is 15.3 Å². The Labute approximate surface area is 74.9 Å². The summed E-state index contributed by atoms with van der Waals surface area (Å²) in [5.74, 6) is 0.766. The third-order valence-corrected chi connectivity index (χ3v) is 1.51. The van der Waals surface area contributed by atoms with Crippen molar-refractivity contribution in [3.05, 3.63) is 0 Å². The molecule has 0 bridgehead atoms. The van der Waals surface area contributed by atoms with Crippen molar-refractivity contribution in [3.63, 3.8) is 0 Å². The molecule has 1 aromatic rings. The second-order valence-electron chi connectivity index (χ2n) is 2.37. The molecule has 1 aromatic heterocycles. The van der Waals surface area contributed by atoms with Crippen LogP contribution >= 0.6 is 0 Å². The van der Waals surface area contributed by atoms with Gasteiger partial charge in [0, 0.05) is 0 Å². The number of nitrogen functional groups attached to an aromatic ring is 1. The van der Waals surface area contributed by atoms with Gasteiger partial charge in [-0.05, 0) is 6.92 Å². The van der Waals surface area contributed by atoms with Crippen LogP contribution < -0.4 is 15.8 Å². The standard InChI is InChI=1S/C7H8N5O/c1-2-13-7-11-5(8)4-6(12-7)10-3-9-4/h3H,2H2,1H3,(H2,8,11,12). The number of hydrogen-bond acceptors (Lipinski definition) is 5. The lowest BCUT2D eigenvalue weighted by Crippen LogP contribution is -2.02. The van der Waals surface area contributed by atoms with Crippen molar-refractivity contribution in [2.75, 3.05) is 12.3 Å². The van der Waals surface area contributed by atoms with E-state index in [4.69, 9.17) is 10.5 Å². The van der Waals surface area contributed by atoms with Gasteiger partial charge >= 0.3 is 6.01 Å². The van der Waals surface area contributed by atoms with E-state index in [0.717, 1.165) is 0 Å². The van der Waals surface area contributed by atoms with Crippen molar-refractivity contribution >= 4 is 23.7 Å². The quantitative estimate of drug-likeness (QED) is 0.708. The first kappa shape index (κ1) is 7.78. The molecule has 6 nitrogen and oxygen atoms in total. The molecular formula is C7H8N5O. The van der Waals surface area contributed by atoms with E-state index in [1.165, 1.54) is 6.34 Å². The third kappa shape index (κ3) is 1.26. The van der Waals surface area contributed by atoms with Crippen LogP contribution in [0.15, 0.2) is 4.99 Å². The van der Waals surface area contributed by atoms with Crippen molar-refractivity contribution in [1.29, 1.82) is 0 Å². The molecule has 2 N–H and O–H groups in total. The van der Waals surface area contributed by atoms with E-state index in [0.29, 0.717) is 23.9 Å². The van der Waals surface area contributed by atoms with Gasteiger partial charge in [0.15, 0.2) is 17.3 Å². The fourth-order valence-electron chi connectivity index (χ4n) is 0.988. The molecule has 0 amide bonds. The molecule has 0 aliphatic carbocycles. The Morgan fingerprint density at radius 2 is 2.31 bits per heavy atom. The number of nitrogens with two attached hydrogens (primary N) is 1. The zero-order chi connectivity index (χ0) is 9.26. The molecule has 0 unspecified atom stereocenters. The minimum absolute atomic E-state index is 0.244. The number of ether oxygens (including phenoxy) is 1. The highest BCUT2D eigenvalue weighted by Gasteiger charge is 2.16. The lowest BCUT2D eigenvalue weighted by molar-refractivity contribution is 0.313. The molecule has 1 radical (unpaired) electrons. The predicted octanol–water partition coefficient (Wildman–Crippen LogP) is 0.367. The maximum atomic E-state index is 5.60. The number of rotatable bonds is 2. The molecular weight excluding hydrogens is 170 g/mol. The first-order chi connectivity index (χ1) is 6.31. The third-order valence-electron chi connectivity index (χ3n) is 1.51. The summed E-state index contributed by atoms with van der Waals surface area (Å²) in [5.41, 5.74) is 6.12. The Morgan fingerprint density at radius 3 is 3.08 bits per heavy atom. The highest BCUT2D eigenvalue weighted by Crippen LogP contribution is 2.32. The van der Waals surface area contributed by atoms with E-state index in [9.17, 15) is 0 Å². The SMILES string of the molecule is CCOc1nc(N)c2c(n1)[N]C=N2. The molecule has 0 spiro atoms. The van der Waals surface area contributed by atoms with E-state index in [2.05, 4.69) is 20.3 Å². The largest absolute Gasteiger partial charge is 0.464 e. The number of fused-ring (bicyclic) bond motifs is 1. The fourth-order valence-corrected chi connectivity index (χ4v) is 0.988. The molecule has 0 atom stereocenters. The van der Waals surface area contributed by atoms with Crippen LogP contribution in [0.1, 0.15) is 6.92 Å². The number of aromatic nitrogens is 2. The van der Waals surface area contributed by atoms with Crippen molar-refractivity contribution < 1.29 is 4.74 Å². The van der Waals surface area contributed by atoms with Crippen LogP contribution in [0.4, 0.5) is 17.3 Å². The molecule has 0 saturated heterocycles. The minimum atomic E-state index is 0.244. The Balaban J connectivity index is 2.41. The van der Waals surface area contributed by atoms with Gasteiger partial charge in [-0.1, -0.05) is 0 Å². The number of aliphatic imine (C=N–C) groups is 1. The Bertz CT molecular complexity index is 362. The molecule has 1 aliphatic heterocycles. The van der Waals surface area contributed by atoms with Gasteiger partial charge in [0.25, 0.3) is 0 Å². The van der Waals surface area contributed by atoms with Gasteiger partial charge in [0.2, 0.25) is 0 Å². The summed E-state index contributed by atoms with van der Waals surface area (Å²) in [6, 6.07) is 0.244. The van der Waals surface area contributed by atoms with Gasteiger partial charge in [-0.3, -0.25) is 0 Å². The topological polar surface area (TPSA) is 87.5 Å². The summed E-state index contributed by atoms with van der Waals surface area (Å²) in [6.45, 7) is 2.35. The summed E-state index contributed by atoms with van der Waals surface area (Å²) < 4.78 is 5.09. The fraction of sp³-hybridized carbons (Fsp3) is 0.286. The van der Waals surface area contributed by atoms with Gasteiger partial charge in [0.05, 0.1) is 6.61 Å². The van der Waals surface area contributed by atoms with E-state index in [1.54, 1.807) is 0 Å². The van der Waals surface area contributed by atoms with Gasteiger partial charge in [0.1, 0.15) is 6.34 Å². The van der Waals surface area contributed by atoms with E-state index >= 15 is 0 Å². The van der Waals surface area contributed by atoms with Crippen LogP contribution in [0.3, 0.4) is 0 Å². The molecule has 0 aromatic carbocycles. The highest BCUT2D eigenvalue weighted by atomic mass is 16.5. The molecule has 1 aliphatic rings. The number of nitrogens with zero attached hydrogens (tertiary/aromatic N) is 4. The molecule has 0 saturated carbocycles. The van der Waals surface area contributed by atoms with Crippen LogP contribution in [0.25, 0.3) is 0 Å². The van der Waals surface area contributed by atoms with E-state index in [1.807, 2.05) is 6.92 Å². The number of hydrogen-bond donors (Lipinski definition) is 1. The lowest BCUT2D eigenvalue weighted by Gasteiger charge is -2.03. The van der Waals surface area contributed by atoms with Gasteiger partial charge < -0.3 is 10.5 Å². The predicted molar refractivity (Wildman–Crippen MR) is 47.6 cm³/mol. The molecule has 0 fully saturated rings. The van der Waals surface area contributed by atoms with E-state index < -0.39 is 0 Å². The van der Waals surface area contributed by atoms with Gasteiger partial charge in [-0.2, -0.15) is 9.97 Å². The normalized spacial score (nSPS) is 12.4.